The molecule has 1 aliphatic heterocycles. The first-order valence-electron chi connectivity index (χ1n) is 10.9. The van der Waals surface area contributed by atoms with E-state index in [1.54, 1.807) is 0 Å². The molecule has 1 unspecified atom stereocenters. The Balaban J connectivity index is 1.54. The number of carbonyl (C=O) groups is 1. The number of nitrogens with zero attached hydrogens (tertiary/aromatic N) is 5. The van der Waals surface area contributed by atoms with Gasteiger partial charge < -0.3 is 10.2 Å². The summed E-state index contributed by atoms with van der Waals surface area (Å²) in [5.74, 6) is 1.25. The SMILES string of the molecule is CC(CN1CCN(c2ccccn2)CC1)NC(=O)c1cc(C(C)C)n(C(C)(C)C)n1. The average molecular weight is 413 g/mol. The lowest BCUT2D eigenvalue weighted by Gasteiger charge is -2.36. The third-order valence-corrected chi connectivity index (χ3v) is 5.45. The van der Waals surface area contributed by atoms with Gasteiger partial charge >= 0.3 is 0 Å². The van der Waals surface area contributed by atoms with Crippen LogP contribution in [-0.4, -0.2) is 64.3 Å². The fourth-order valence-corrected chi connectivity index (χ4v) is 3.89. The molecule has 30 heavy (non-hydrogen) atoms. The largest absolute Gasteiger partial charge is 0.354 e. The van der Waals surface area contributed by atoms with Crippen molar-refractivity contribution in [3.8, 4) is 0 Å². The van der Waals surface area contributed by atoms with Crippen LogP contribution in [0.5, 0.6) is 0 Å². The topological polar surface area (TPSA) is 66.3 Å². The normalized spacial score (nSPS) is 16.7. The maximum atomic E-state index is 12.8. The Morgan fingerprint density at radius 2 is 1.83 bits per heavy atom. The van der Waals surface area contributed by atoms with Gasteiger partial charge in [-0.05, 0) is 51.8 Å². The highest BCUT2D eigenvalue weighted by molar-refractivity contribution is 5.92. The number of hydrogen-bond acceptors (Lipinski definition) is 5. The van der Waals surface area contributed by atoms with Crippen molar-refractivity contribution in [1.82, 2.24) is 25.0 Å². The van der Waals surface area contributed by atoms with E-state index in [0.717, 1.165) is 44.2 Å². The fourth-order valence-electron chi connectivity index (χ4n) is 3.89. The molecule has 7 nitrogen and oxygen atoms in total. The number of rotatable bonds is 6. The van der Waals surface area contributed by atoms with Gasteiger partial charge in [0.05, 0.1) is 5.54 Å². The highest BCUT2D eigenvalue weighted by atomic mass is 16.2. The number of hydrogen-bond donors (Lipinski definition) is 1. The van der Waals surface area contributed by atoms with Crippen molar-refractivity contribution in [2.45, 2.75) is 59.0 Å². The number of nitrogens with one attached hydrogen (secondary N) is 1. The molecule has 1 amide bonds. The second kappa shape index (κ2) is 9.16. The van der Waals surface area contributed by atoms with Crippen molar-refractivity contribution < 1.29 is 4.79 Å². The van der Waals surface area contributed by atoms with Gasteiger partial charge in [0.1, 0.15) is 11.5 Å². The summed E-state index contributed by atoms with van der Waals surface area (Å²) in [5, 5.41) is 7.76. The van der Waals surface area contributed by atoms with Crippen LogP contribution in [0.15, 0.2) is 30.5 Å². The molecular formula is C23H36N6O. The molecule has 1 fully saturated rings. The van der Waals surface area contributed by atoms with E-state index in [1.807, 2.05) is 29.1 Å². The molecule has 1 N–H and O–H groups in total. The summed E-state index contributed by atoms with van der Waals surface area (Å²) in [4.78, 5) is 22.0. The fraction of sp³-hybridized carbons (Fsp3) is 0.609. The molecule has 1 atom stereocenters. The molecule has 164 valence electrons. The average Bonchev–Trinajstić information content (AvgIpc) is 3.16. The molecule has 3 rings (SSSR count). The summed E-state index contributed by atoms with van der Waals surface area (Å²) in [6.07, 6.45) is 1.84. The van der Waals surface area contributed by atoms with Crippen molar-refractivity contribution in [2.75, 3.05) is 37.6 Å². The first kappa shape index (κ1) is 22.3. The van der Waals surface area contributed by atoms with E-state index >= 15 is 0 Å². The molecule has 0 bridgehead atoms. The number of pyridine rings is 1. The molecule has 0 aromatic carbocycles. The van der Waals surface area contributed by atoms with E-state index in [-0.39, 0.29) is 17.5 Å². The third-order valence-electron chi connectivity index (χ3n) is 5.45. The Morgan fingerprint density at radius 3 is 2.37 bits per heavy atom. The highest BCUT2D eigenvalue weighted by Gasteiger charge is 2.25. The first-order valence-corrected chi connectivity index (χ1v) is 10.9. The second-order valence-corrected chi connectivity index (χ2v) is 9.54. The number of piperazine rings is 1. The van der Waals surface area contributed by atoms with Crippen LogP contribution in [0.3, 0.4) is 0 Å². The van der Waals surface area contributed by atoms with Crippen molar-refractivity contribution in [2.24, 2.45) is 0 Å². The lowest BCUT2D eigenvalue weighted by Crippen LogP contribution is -2.51. The van der Waals surface area contributed by atoms with Gasteiger partial charge in [0.25, 0.3) is 5.91 Å². The minimum absolute atomic E-state index is 0.0567. The van der Waals surface area contributed by atoms with Crippen LogP contribution < -0.4 is 10.2 Å². The highest BCUT2D eigenvalue weighted by Crippen LogP contribution is 2.23. The zero-order valence-electron chi connectivity index (χ0n) is 19.2. The van der Waals surface area contributed by atoms with Gasteiger partial charge in [-0.1, -0.05) is 19.9 Å². The van der Waals surface area contributed by atoms with E-state index in [9.17, 15) is 4.79 Å². The van der Waals surface area contributed by atoms with E-state index in [0.29, 0.717) is 11.6 Å². The number of amides is 1. The molecule has 3 heterocycles. The van der Waals surface area contributed by atoms with Crippen molar-refractivity contribution in [3.05, 3.63) is 41.9 Å². The van der Waals surface area contributed by atoms with Crippen LogP contribution in [0, 0.1) is 0 Å². The van der Waals surface area contributed by atoms with Gasteiger partial charge in [-0.2, -0.15) is 5.10 Å². The minimum Gasteiger partial charge on any atom is -0.354 e. The lowest BCUT2D eigenvalue weighted by atomic mass is 10.1. The molecule has 0 aliphatic carbocycles. The van der Waals surface area contributed by atoms with Crippen LogP contribution in [-0.2, 0) is 5.54 Å². The Hall–Kier alpha value is -2.41. The zero-order chi connectivity index (χ0) is 21.9. The Labute approximate surface area is 180 Å². The molecule has 0 radical (unpaired) electrons. The van der Waals surface area contributed by atoms with E-state index in [2.05, 4.69) is 72.8 Å². The predicted octanol–water partition coefficient (Wildman–Crippen LogP) is 3.10. The Morgan fingerprint density at radius 1 is 1.13 bits per heavy atom. The Bertz CT molecular complexity index is 831. The third kappa shape index (κ3) is 5.39. The molecular weight excluding hydrogens is 376 g/mol. The second-order valence-electron chi connectivity index (χ2n) is 9.54. The van der Waals surface area contributed by atoms with E-state index in [1.165, 1.54) is 0 Å². The Kier molecular flexibility index (Phi) is 6.81. The standard InChI is InChI=1S/C23H36N6O/c1-17(2)20-15-19(26-29(20)23(4,5)6)22(30)25-18(3)16-27-11-13-28(14-12-27)21-9-7-8-10-24-21/h7-10,15,17-18H,11-14,16H2,1-6H3,(H,25,30). The summed E-state index contributed by atoms with van der Waals surface area (Å²) in [6, 6.07) is 8.02. The van der Waals surface area contributed by atoms with Gasteiger partial charge in [-0.3, -0.25) is 14.4 Å². The zero-order valence-corrected chi connectivity index (χ0v) is 19.2. The number of aromatic nitrogens is 3. The van der Waals surface area contributed by atoms with Crippen molar-refractivity contribution >= 4 is 11.7 Å². The number of anilines is 1. The summed E-state index contributed by atoms with van der Waals surface area (Å²) in [6.45, 7) is 17.3. The molecule has 0 spiro atoms. The van der Waals surface area contributed by atoms with Crippen molar-refractivity contribution in [1.29, 1.82) is 0 Å². The summed E-state index contributed by atoms with van der Waals surface area (Å²) in [7, 11) is 0. The molecule has 7 heteroatoms. The van der Waals surface area contributed by atoms with E-state index in [4.69, 9.17) is 0 Å². The number of carbonyl (C=O) groups excluding carboxylic acids is 1. The molecule has 1 aliphatic rings. The van der Waals surface area contributed by atoms with Gasteiger partial charge in [0.2, 0.25) is 0 Å². The van der Waals surface area contributed by atoms with Crippen molar-refractivity contribution in [3.63, 3.8) is 0 Å². The van der Waals surface area contributed by atoms with Crippen LogP contribution in [0.25, 0.3) is 0 Å². The predicted molar refractivity (Wildman–Crippen MR) is 121 cm³/mol. The monoisotopic (exact) mass is 412 g/mol. The van der Waals surface area contributed by atoms with E-state index < -0.39 is 0 Å². The molecule has 1 saturated heterocycles. The van der Waals surface area contributed by atoms with Crippen LogP contribution in [0.2, 0.25) is 0 Å². The van der Waals surface area contributed by atoms with Gasteiger partial charge in [-0.25, -0.2) is 4.98 Å². The van der Waals surface area contributed by atoms with Gasteiger partial charge in [-0.15, -0.1) is 0 Å². The minimum atomic E-state index is -0.156. The molecule has 0 saturated carbocycles. The summed E-state index contributed by atoms with van der Waals surface area (Å²) >= 11 is 0. The van der Waals surface area contributed by atoms with Crippen LogP contribution >= 0.6 is 0 Å². The maximum absolute atomic E-state index is 12.8. The molecule has 2 aromatic heterocycles. The smallest absolute Gasteiger partial charge is 0.272 e. The maximum Gasteiger partial charge on any atom is 0.272 e. The molecule has 2 aromatic rings. The summed E-state index contributed by atoms with van der Waals surface area (Å²) in [5.41, 5.74) is 1.43. The first-order chi connectivity index (χ1) is 14.1. The van der Waals surface area contributed by atoms with Crippen LogP contribution in [0.4, 0.5) is 5.82 Å². The quantitative estimate of drug-likeness (QED) is 0.790. The summed E-state index contributed by atoms with van der Waals surface area (Å²) < 4.78 is 1.98. The van der Waals surface area contributed by atoms with Gasteiger partial charge in [0.15, 0.2) is 0 Å². The van der Waals surface area contributed by atoms with Gasteiger partial charge in [0, 0.05) is 50.7 Å². The van der Waals surface area contributed by atoms with Crippen LogP contribution in [0.1, 0.15) is 63.6 Å². The lowest BCUT2D eigenvalue weighted by molar-refractivity contribution is 0.0921.